The van der Waals surface area contributed by atoms with Crippen LogP contribution in [-0.4, -0.2) is 25.1 Å². The van der Waals surface area contributed by atoms with Crippen LogP contribution < -0.4 is 14.8 Å². The van der Waals surface area contributed by atoms with Gasteiger partial charge in [0.25, 0.3) is 5.91 Å². The first kappa shape index (κ1) is 16.0. The number of ether oxygens (including phenoxy) is 2. The average Bonchev–Trinajstić information content (AvgIpc) is 3.12. The van der Waals surface area contributed by atoms with Gasteiger partial charge in [-0.05, 0) is 12.1 Å². The Balaban J connectivity index is 1.82. The van der Waals surface area contributed by atoms with Gasteiger partial charge in [0.2, 0.25) is 0 Å². The van der Waals surface area contributed by atoms with Crippen molar-refractivity contribution in [2.45, 2.75) is 0 Å². The van der Waals surface area contributed by atoms with Gasteiger partial charge in [0.05, 0.1) is 19.9 Å². The molecule has 0 radical (unpaired) electrons. The maximum absolute atomic E-state index is 12.5. The molecule has 1 amide bonds. The molecule has 1 aromatic heterocycles. The highest BCUT2D eigenvalue weighted by Gasteiger charge is 2.14. The molecule has 0 aliphatic rings. The Morgan fingerprint density at radius 3 is 2.58 bits per heavy atom. The van der Waals surface area contributed by atoms with Crippen LogP contribution in [0.5, 0.6) is 11.5 Å². The number of rotatable bonds is 5. The highest BCUT2D eigenvalue weighted by molar-refractivity contribution is 7.13. The van der Waals surface area contributed by atoms with Crippen molar-refractivity contribution in [2.75, 3.05) is 19.5 Å². The number of methoxy groups -OCH3 is 2. The van der Waals surface area contributed by atoms with Gasteiger partial charge >= 0.3 is 0 Å². The molecule has 0 fully saturated rings. The van der Waals surface area contributed by atoms with Gasteiger partial charge in [-0.15, -0.1) is 11.3 Å². The summed E-state index contributed by atoms with van der Waals surface area (Å²) in [6.45, 7) is 0. The number of hydrogen-bond acceptors (Lipinski definition) is 5. The number of benzene rings is 2. The molecule has 0 atom stereocenters. The van der Waals surface area contributed by atoms with E-state index in [2.05, 4.69) is 10.3 Å². The lowest BCUT2D eigenvalue weighted by atomic mass is 10.2. The van der Waals surface area contributed by atoms with Crippen LogP contribution in [0.1, 0.15) is 10.5 Å². The molecule has 5 nitrogen and oxygen atoms in total. The Labute approximate surface area is 143 Å². The number of nitrogens with zero attached hydrogens (tertiary/aromatic N) is 1. The first-order valence-electron chi connectivity index (χ1n) is 7.25. The normalized spacial score (nSPS) is 10.2. The van der Waals surface area contributed by atoms with E-state index in [1.165, 1.54) is 11.3 Å². The lowest BCUT2D eigenvalue weighted by molar-refractivity contribution is 0.102. The summed E-state index contributed by atoms with van der Waals surface area (Å²) in [7, 11) is 3.12. The second kappa shape index (κ2) is 7.14. The van der Waals surface area contributed by atoms with Crippen LogP contribution in [0.2, 0.25) is 0 Å². The van der Waals surface area contributed by atoms with Crippen molar-refractivity contribution in [1.82, 2.24) is 4.98 Å². The fourth-order valence-electron chi connectivity index (χ4n) is 2.19. The van der Waals surface area contributed by atoms with Crippen LogP contribution in [0.25, 0.3) is 10.6 Å². The molecule has 3 aromatic rings. The Hall–Kier alpha value is -2.86. The van der Waals surface area contributed by atoms with E-state index in [0.29, 0.717) is 22.9 Å². The first-order valence-corrected chi connectivity index (χ1v) is 8.13. The third kappa shape index (κ3) is 3.38. The van der Waals surface area contributed by atoms with Gasteiger partial charge in [0.1, 0.15) is 22.2 Å². The highest BCUT2D eigenvalue weighted by Crippen LogP contribution is 2.30. The van der Waals surface area contributed by atoms with Crippen molar-refractivity contribution in [3.8, 4) is 22.1 Å². The maximum atomic E-state index is 12.5. The number of anilines is 1. The first-order chi connectivity index (χ1) is 11.7. The minimum absolute atomic E-state index is 0.292. The van der Waals surface area contributed by atoms with Crippen LogP contribution >= 0.6 is 11.3 Å². The van der Waals surface area contributed by atoms with Crippen LogP contribution in [0.4, 0.5) is 5.69 Å². The van der Waals surface area contributed by atoms with Gasteiger partial charge in [-0.25, -0.2) is 4.98 Å². The van der Waals surface area contributed by atoms with E-state index in [1.54, 1.807) is 37.8 Å². The molecule has 0 saturated heterocycles. The molecular formula is C18H16N2O3S. The number of carbonyl (C=O) groups is 1. The van der Waals surface area contributed by atoms with Crippen LogP contribution in [0.3, 0.4) is 0 Å². The monoisotopic (exact) mass is 340 g/mol. The zero-order chi connectivity index (χ0) is 16.9. The number of hydrogen-bond donors (Lipinski definition) is 1. The Morgan fingerprint density at radius 2 is 1.88 bits per heavy atom. The summed E-state index contributed by atoms with van der Waals surface area (Å²) in [5.41, 5.74) is 1.89. The molecule has 0 spiro atoms. The van der Waals surface area contributed by atoms with Gasteiger partial charge in [0, 0.05) is 17.0 Å². The summed E-state index contributed by atoms with van der Waals surface area (Å²) in [6.07, 6.45) is 0. The summed E-state index contributed by atoms with van der Waals surface area (Å²) in [5.74, 6) is 0.900. The molecule has 2 aromatic carbocycles. The van der Waals surface area contributed by atoms with Crippen LogP contribution in [0.15, 0.2) is 53.9 Å². The van der Waals surface area contributed by atoms with Gasteiger partial charge in [-0.2, -0.15) is 0 Å². The minimum atomic E-state index is -0.292. The summed E-state index contributed by atoms with van der Waals surface area (Å²) >= 11 is 1.43. The summed E-state index contributed by atoms with van der Waals surface area (Å²) in [5, 5.41) is 5.36. The van der Waals surface area contributed by atoms with E-state index in [9.17, 15) is 4.79 Å². The molecule has 0 saturated carbocycles. The molecular weight excluding hydrogens is 324 g/mol. The second-order valence-electron chi connectivity index (χ2n) is 4.92. The smallest absolute Gasteiger partial charge is 0.275 e. The van der Waals surface area contributed by atoms with Gasteiger partial charge in [-0.3, -0.25) is 4.79 Å². The molecule has 1 N–H and O–H groups in total. The predicted molar refractivity (Wildman–Crippen MR) is 95.0 cm³/mol. The average molecular weight is 340 g/mol. The molecule has 3 rings (SSSR count). The third-order valence-corrected chi connectivity index (χ3v) is 4.30. The molecule has 122 valence electrons. The number of aromatic nitrogens is 1. The van der Waals surface area contributed by atoms with E-state index < -0.39 is 0 Å². The zero-order valence-corrected chi connectivity index (χ0v) is 14.1. The Kier molecular flexibility index (Phi) is 4.77. The minimum Gasteiger partial charge on any atom is -0.497 e. The Morgan fingerprint density at radius 1 is 1.08 bits per heavy atom. The number of nitrogens with one attached hydrogen (secondary N) is 1. The topological polar surface area (TPSA) is 60.5 Å². The molecule has 0 aliphatic heterocycles. The molecule has 6 heteroatoms. The van der Waals surface area contributed by atoms with Crippen molar-refractivity contribution in [3.05, 3.63) is 59.6 Å². The van der Waals surface area contributed by atoms with Crippen molar-refractivity contribution in [3.63, 3.8) is 0 Å². The fraction of sp³-hybridized carbons (Fsp3) is 0.111. The molecule has 1 heterocycles. The van der Waals surface area contributed by atoms with E-state index in [0.717, 1.165) is 10.6 Å². The lowest BCUT2D eigenvalue weighted by Gasteiger charge is -2.10. The van der Waals surface area contributed by atoms with E-state index in [-0.39, 0.29) is 5.91 Å². The summed E-state index contributed by atoms with van der Waals surface area (Å²) in [6, 6.07) is 15.0. The number of thiazole rings is 1. The van der Waals surface area contributed by atoms with Crippen molar-refractivity contribution in [1.29, 1.82) is 0 Å². The van der Waals surface area contributed by atoms with Crippen molar-refractivity contribution >= 4 is 22.9 Å². The number of amides is 1. The SMILES string of the molecule is COc1ccc(OC)c(NC(=O)c2csc(-c3ccccc3)n2)c1. The van der Waals surface area contributed by atoms with Crippen molar-refractivity contribution < 1.29 is 14.3 Å². The maximum Gasteiger partial charge on any atom is 0.275 e. The van der Waals surface area contributed by atoms with Crippen molar-refractivity contribution in [2.24, 2.45) is 0 Å². The largest absolute Gasteiger partial charge is 0.497 e. The summed E-state index contributed by atoms with van der Waals surface area (Å²) < 4.78 is 10.5. The number of carbonyl (C=O) groups excluding carboxylic acids is 1. The van der Waals surface area contributed by atoms with E-state index in [1.807, 2.05) is 30.3 Å². The van der Waals surface area contributed by atoms with Gasteiger partial charge in [0.15, 0.2) is 0 Å². The molecule has 0 aliphatic carbocycles. The van der Waals surface area contributed by atoms with Gasteiger partial charge < -0.3 is 14.8 Å². The second-order valence-corrected chi connectivity index (χ2v) is 5.78. The Bertz CT molecular complexity index is 846. The fourth-order valence-corrected chi connectivity index (χ4v) is 3.00. The van der Waals surface area contributed by atoms with E-state index in [4.69, 9.17) is 9.47 Å². The summed E-state index contributed by atoms with van der Waals surface area (Å²) in [4.78, 5) is 16.9. The predicted octanol–water partition coefficient (Wildman–Crippen LogP) is 4.08. The standard InChI is InChI=1S/C18H16N2O3S/c1-22-13-8-9-16(23-2)14(10-13)19-17(21)15-11-24-18(20-15)12-6-4-3-5-7-12/h3-11H,1-2H3,(H,19,21). The van der Waals surface area contributed by atoms with Gasteiger partial charge in [-0.1, -0.05) is 30.3 Å². The molecule has 0 bridgehead atoms. The van der Waals surface area contributed by atoms with E-state index >= 15 is 0 Å². The van der Waals surface area contributed by atoms with Crippen LogP contribution in [-0.2, 0) is 0 Å². The lowest BCUT2D eigenvalue weighted by Crippen LogP contribution is -2.13. The molecule has 0 unspecified atom stereocenters. The zero-order valence-electron chi connectivity index (χ0n) is 13.3. The third-order valence-electron chi connectivity index (χ3n) is 3.41. The molecule has 24 heavy (non-hydrogen) atoms. The highest BCUT2D eigenvalue weighted by atomic mass is 32.1. The van der Waals surface area contributed by atoms with Crippen LogP contribution in [0, 0.1) is 0 Å². The quantitative estimate of drug-likeness (QED) is 0.760.